The molecule has 0 N–H and O–H groups in total. The van der Waals surface area contributed by atoms with Crippen LogP contribution in [-0.4, -0.2) is 44.1 Å². The Morgan fingerprint density at radius 3 is 2.58 bits per heavy atom. The van der Waals surface area contributed by atoms with Gasteiger partial charge in [0, 0.05) is 36.5 Å². The van der Waals surface area contributed by atoms with E-state index >= 15 is 4.39 Å². The van der Waals surface area contributed by atoms with E-state index in [4.69, 9.17) is 19.0 Å². The highest BCUT2D eigenvalue weighted by Crippen LogP contribution is 2.38. The molecule has 36 heavy (non-hydrogen) atoms. The summed E-state index contributed by atoms with van der Waals surface area (Å²) in [6.45, 7) is 3.89. The largest absolute Gasteiger partial charge is 0.497 e. The molecule has 0 spiro atoms. The van der Waals surface area contributed by atoms with Crippen LogP contribution < -0.4 is 14.4 Å². The standard InChI is InChI=1S/C25H24FN7O3/c1-14-18(15(2)36-31-14)13-33(21-8-17(34-4)9-22(35-5)24(21)26)23-7-6-19-25(30-23)29-20(11-27-19)16-10-28-32(3)12-16/h6-12H,13H2,1-5H3. The molecule has 0 aliphatic rings. The van der Waals surface area contributed by atoms with Crippen LogP contribution in [0.2, 0.25) is 0 Å². The second kappa shape index (κ2) is 9.25. The van der Waals surface area contributed by atoms with Crippen molar-refractivity contribution in [3.05, 3.63) is 65.7 Å². The van der Waals surface area contributed by atoms with Crippen LogP contribution in [-0.2, 0) is 13.6 Å². The van der Waals surface area contributed by atoms with Crippen LogP contribution in [0.5, 0.6) is 11.5 Å². The summed E-state index contributed by atoms with van der Waals surface area (Å²) in [6, 6.07) is 6.66. The number of pyridine rings is 1. The number of ether oxygens (including phenoxy) is 2. The Morgan fingerprint density at radius 1 is 1.08 bits per heavy atom. The van der Waals surface area contributed by atoms with Gasteiger partial charge in [-0.25, -0.2) is 14.4 Å². The minimum atomic E-state index is -0.554. The number of halogens is 1. The maximum atomic E-state index is 15.6. The van der Waals surface area contributed by atoms with Crippen LogP contribution in [0.15, 0.2) is 47.4 Å². The number of benzene rings is 1. The lowest BCUT2D eigenvalue weighted by atomic mass is 10.1. The molecule has 11 heteroatoms. The highest BCUT2D eigenvalue weighted by atomic mass is 19.1. The second-order valence-corrected chi connectivity index (χ2v) is 8.22. The molecule has 5 aromatic rings. The van der Waals surface area contributed by atoms with Gasteiger partial charge in [0.05, 0.1) is 50.2 Å². The van der Waals surface area contributed by atoms with E-state index in [1.807, 2.05) is 27.1 Å². The number of methoxy groups -OCH3 is 2. The summed E-state index contributed by atoms with van der Waals surface area (Å²) in [5, 5.41) is 8.25. The van der Waals surface area contributed by atoms with Crippen molar-refractivity contribution in [2.75, 3.05) is 19.1 Å². The van der Waals surface area contributed by atoms with Crippen molar-refractivity contribution >= 4 is 22.7 Å². The minimum absolute atomic E-state index is 0.0487. The lowest BCUT2D eigenvalue weighted by molar-refractivity contribution is 0.374. The van der Waals surface area contributed by atoms with E-state index in [0.29, 0.717) is 39.9 Å². The van der Waals surface area contributed by atoms with Crippen molar-refractivity contribution < 1.29 is 18.4 Å². The summed E-state index contributed by atoms with van der Waals surface area (Å²) in [5.41, 5.74) is 4.19. The fraction of sp³-hybridized carbons (Fsp3) is 0.240. The lowest BCUT2D eigenvalue weighted by Gasteiger charge is -2.25. The van der Waals surface area contributed by atoms with E-state index in [0.717, 1.165) is 11.1 Å². The predicted molar refractivity (Wildman–Crippen MR) is 131 cm³/mol. The van der Waals surface area contributed by atoms with E-state index in [-0.39, 0.29) is 18.0 Å². The summed E-state index contributed by atoms with van der Waals surface area (Å²) < 4.78 is 33.3. The van der Waals surface area contributed by atoms with Crippen molar-refractivity contribution in [1.82, 2.24) is 29.9 Å². The molecule has 0 atom stereocenters. The fourth-order valence-electron chi connectivity index (χ4n) is 3.93. The van der Waals surface area contributed by atoms with E-state index < -0.39 is 5.82 Å². The molecule has 4 heterocycles. The number of hydrogen-bond donors (Lipinski definition) is 0. The number of nitrogens with zero attached hydrogens (tertiary/aromatic N) is 7. The molecule has 0 aliphatic heterocycles. The number of rotatable bonds is 7. The Balaban J connectivity index is 1.68. The fourth-order valence-corrected chi connectivity index (χ4v) is 3.93. The Kier molecular flexibility index (Phi) is 5.96. The van der Waals surface area contributed by atoms with Gasteiger partial charge in [0.15, 0.2) is 17.2 Å². The van der Waals surface area contributed by atoms with Gasteiger partial charge in [-0.15, -0.1) is 0 Å². The van der Waals surface area contributed by atoms with Crippen LogP contribution in [0, 0.1) is 19.7 Å². The average Bonchev–Trinajstić information content (AvgIpc) is 3.47. The molecule has 0 aliphatic carbocycles. The summed E-state index contributed by atoms with van der Waals surface area (Å²) in [6.07, 6.45) is 5.23. The number of aromatic nitrogens is 6. The average molecular weight is 490 g/mol. The van der Waals surface area contributed by atoms with Gasteiger partial charge in [-0.1, -0.05) is 5.16 Å². The zero-order valence-corrected chi connectivity index (χ0v) is 20.5. The van der Waals surface area contributed by atoms with Crippen molar-refractivity contribution in [3.8, 4) is 22.8 Å². The normalized spacial score (nSPS) is 11.2. The second-order valence-electron chi connectivity index (χ2n) is 8.22. The van der Waals surface area contributed by atoms with Gasteiger partial charge in [-0.3, -0.25) is 9.67 Å². The monoisotopic (exact) mass is 489 g/mol. The molecular weight excluding hydrogens is 465 g/mol. The highest BCUT2D eigenvalue weighted by Gasteiger charge is 2.24. The first-order valence-electron chi connectivity index (χ1n) is 11.1. The van der Waals surface area contributed by atoms with E-state index in [1.165, 1.54) is 20.3 Å². The molecule has 184 valence electrons. The van der Waals surface area contributed by atoms with Crippen molar-refractivity contribution in [2.45, 2.75) is 20.4 Å². The van der Waals surface area contributed by atoms with Crippen LogP contribution >= 0.6 is 0 Å². The number of fused-ring (bicyclic) bond motifs is 1. The van der Waals surface area contributed by atoms with Gasteiger partial charge in [-0.05, 0) is 26.0 Å². The Morgan fingerprint density at radius 2 is 1.92 bits per heavy atom. The van der Waals surface area contributed by atoms with Gasteiger partial charge in [-0.2, -0.15) is 5.10 Å². The van der Waals surface area contributed by atoms with Crippen molar-refractivity contribution in [1.29, 1.82) is 0 Å². The third kappa shape index (κ3) is 4.19. The first-order chi connectivity index (χ1) is 17.4. The molecule has 0 unspecified atom stereocenters. The molecule has 1 aromatic carbocycles. The van der Waals surface area contributed by atoms with Crippen LogP contribution in [0.3, 0.4) is 0 Å². The van der Waals surface area contributed by atoms with Crippen LogP contribution in [0.4, 0.5) is 15.9 Å². The summed E-state index contributed by atoms with van der Waals surface area (Å²) in [4.78, 5) is 15.7. The quantitative estimate of drug-likeness (QED) is 0.326. The van der Waals surface area contributed by atoms with E-state index in [2.05, 4.69) is 20.2 Å². The molecule has 10 nitrogen and oxygen atoms in total. The van der Waals surface area contributed by atoms with Gasteiger partial charge in [0.25, 0.3) is 0 Å². The number of anilines is 2. The number of hydrogen-bond acceptors (Lipinski definition) is 9. The van der Waals surface area contributed by atoms with Crippen molar-refractivity contribution in [2.24, 2.45) is 7.05 Å². The molecule has 4 aromatic heterocycles. The van der Waals surface area contributed by atoms with Crippen LogP contribution in [0.25, 0.3) is 22.4 Å². The van der Waals surface area contributed by atoms with E-state index in [9.17, 15) is 0 Å². The molecule has 0 amide bonds. The highest BCUT2D eigenvalue weighted by molar-refractivity contribution is 5.77. The molecular formula is C25H24FN7O3. The first-order valence-corrected chi connectivity index (χ1v) is 11.1. The van der Waals surface area contributed by atoms with Gasteiger partial charge in [0.2, 0.25) is 0 Å². The third-order valence-corrected chi connectivity index (χ3v) is 5.91. The van der Waals surface area contributed by atoms with Gasteiger partial charge in [0.1, 0.15) is 22.8 Å². The summed E-state index contributed by atoms with van der Waals surface area (Å²) >= 11 is 0. The topological polar surface area (TPSA) is 104 Å². The molecule has 0 fully saturated rings. The Labute approximate surface area is 206 Å². The number of aryl methyl sites for hydroxylation is 3. The Hall–Kier alpha value is -4.54. The first kappa shape index (κ1) is 23.2. The third-order valence-electron chi connectivity index (χ3n) is 5.91. The van der Waals surface area contributed by atoms with Gasteiger partial charge < -0.3 is 18.9 Å². The summed E-state index contributed by atoms with van der Waals surface area (Å²) in [7, 11) is 4.75. The van der Waals surface area contributed by atoms with Gasteiger partial charge >= 0.3 is 0 Å². The predicted octanol–water partition coefficient (Wildman–Crippen LogP) is 4.52. The molecule has 0 bridgehead atoms. The smallest absolute Gasteiger partial charge is 0.188 e. The van der Waals surface area contributed by atoms with E-state index in [1.54, 1.807) is 40.2 Å². The molecule has 5 rings (SSSR count). The van der Waals surface area contributed by atoms with Crippen molar-refractivity contribution in [3.63, 3.8) is 0 Å². The maximum absolute atomic E-state index is 15.6. The SMILES string of the molecule is COc1cc(OC)c(F)c(N(Cc2c(C)noc2C)c2ccc3ncc(-c4cnn(C)c4)nc3n2)c1. The molecule has 0 saturated carbocycles. The molecule has 0 saturated heterocycles. The zero-order valence-electron chi connectivity index (χ0n) is 20.5. The molecule has 0 radical (unpaired) electrons. The lowest BCUT2D eigenvalue weighted by Crippen LogP contribution is -2.20. The zero-order chi connectivity index (χ0) is 25.4. The maximum Gasteiger partial charge on any atom is 0.188 e. The Bertz CT molecular complexity index is 1540. The minimum Gasteiger partial charge on any atom is -0.497 e. The summed E-state index contributed by atoms with van der Waals surface area (Å²) in [5.74, 6) is 1.02. The van der Waals surface area contributed by atoms with Crippen LogP contribution in [0.1, 0.15) is 17.0 Å².